The van der Waals surface area contributed by atoms with E-state index >= 15 is 0 Å². The van der Waals surface area contributed by atoms with Gasteiger partial charge >= 0.3 is 0 Å². The van der Waals surface area contributed by atoms with Crippen LogP contribution in [-0.2, 0) is 0 Å². The Labute approximate surface area is 153 Å². The van der Waals surface area contributed by atoms with Gasteiger partial charge in [0.05, 0.1) is 6.10 Å². The van der Waals surface area contributed by atoms with Gasteiger partial charge in [0, 0.05) is 0 Å². The van der Waals surface area contributed by atoms with Crippen molar-refractivity contribution in [1.29, 1.82) is 0 Å². The first kappa shape index (κ1) is 23.7. The van der Waals surface area contributed by atoms with Crippen LogP contribution < -0.4 is 0 Å². The third kappa shape index (κ3) is 19.7. The van der Waals surface area contributed by atoms with Gasteiger partial charge in [-0.25, -0.2) is 0 Å². The number of aliphatic hydroxyl groups is 1. The molecule has 0 spiro atoms. The lowest BCUT2D eigenvalue weighted by atomic mass is 10.0. The quantitative estimate of drug-likeness (QED) is 0.198. The Morgan fingerprint density at radius 2 is 1.08 bits per heavy atom. The van der Waals surface area contributed by atoms with Crippen LogP contribution in [0.3, 0.4) is 0 Å². The van der Waals surface area contributed by atoms with Crippen LogP contribution in [0.15, 0.2) is 11.6 Å². The summed E-state index contributed by atoms with van der Waals surface area (Å²) in [6, 6.07) is 0. The lowest BCUT2D eigenvalue weighted by Gasteiger charge is -2.09. The summed E-state index contributed by atoms with van der Waals surface area (Å²) in [5, 5.41) is 9.92. The van der Waals surface area contributed by atoms with E-state index in [1.165, 1.54) is 95.5 Å². The molecule has 0 aromatic rings. The van der Waals surface area contributed by atoms with Crippen molar-refractivity contribution in [1.82, 2.24) is 0 Å². The van der Waals surface area contributed by atoms with Crippen LogP contribution in [0.2, 0.25) is 0 Å². The van der Waals surface area contributed by atoms with Crippen LogP contribution in [-0.4, -0.2) is 11.2 Å². The number of aliphatic hydroxyl groups excluding tert-OH is 1. The minimum atomic E-state index is -0.0853. The van der Waals surface area contributed by atoms with Crippen molar-refractivity contribution in [3.63, 3.8) is 0 Å². The highest BCUT2D eigenvalue weighted by atomic mass is 16.3. The fraction of sp³-hybridized carbons (Fsp3) is 0.913. The molecular weight excluding hydrogens is 292 g/mol. The van der Waals surface area contributed by atoms with Crippen LogP contribution in [0.25, 0.3) is 0 Å². The molecule has 0 fully saturated rings. The van der Waals surface area contributed by atoms with Crippen molar-refractivity contribution in [3.8, 4) is 0 Å². The lowest BCUT2D eigenvalue weighted by molar-refractivity contribution is 0.152. The van der Waals surface area contributed by atoms with Crippen molar-refractivity contribution in [2.75, 3.05) is 0 Å². The van der Waals surface area contributed by atoms with E-state index in [0.29, 0.717) is 0 Å². The molecule has 0 aliphatic heterocycles. The van der Waals surface area contributed by atoms with E-state index in [-0.39, 0.29) is 6.10 Å². The molecule has 1 heteroatoms. The van der Waals surface area contributed by atoms with E-state index in [1.54, 1.807) is 0 Å². The summed E-state index contributed by atoms with van der Waals surface area (Å²) in [5.41, 5.74) is 1.36. The third-order valence-corrected chi connectivity index (χ3v) is 4.94. The Kier molecular flexibility index (Phi) is 18.8. The first-order valence-corrected chi connectivity index (χ1v) is 11.0. The maximum Gasteiger partial charge on any atom is 0.0543 e. The van der Waals surface area contributed by atoms with Crippen molar-refractivity contribution < 1.29 is 5.11 Å². The smallest absolute Gasteiger partial charge is 0.0543 e. The average Bonchev–Trinajstić information content (AvgIpc) is 2.55. The van der Waals surface area contributed by atoms with Gasteiger partial charge in [-0.05, 0) is 33.1 Å². The van der Waals surface area contributed by atoms with Crippen molar-refractivity contribution in [2.24, 2.45) is 0 Å². The van der Waals surface area contributed by atoms with E-state index < -0.39 is 0 Å². The normalized spacial score (nSPS) is 12.3. The lowest BCUT2D eigenvalue weighted by Crippen LogP contribution is -2.05. The van der Waals surface area contributed by atoms with Gasteiger partial charge in [0.15, 0.2) is 0 Å². The average molecular weight is 339 g/mol. The standard InChI is InChI=1S/C23H46O/c1-4-5-6-7-8-9-10-11-12-13-14-15-16-17-20-23(24)21-18-19-22(2)3/h19,23-24H,4-18,20-21H2,1-3H3. The molecule has 0 saturated heterocycles. The van der Waals surface area contributed by atoms with Crippen LogP contribution in [0, 0.1) is 0 Å². The molecule has 0 saturated carbocycles. The highest BCUT2D eigenvalue weighted by molar-refractivity contribution is 4.92. The Morgan fingerprint density at radius 1 is 0.667 bits per heavy atom. The summed E-state index contributed by atoms with van der Waals surface area (Å²) in [4.78, 5) is 0. The van der Waals surface area contributed by atoms with Gasteiger partial charge in [0.2, 0.25) is 0 Å². The molecule has 1 unspecified atom stereocenters. The summed E-state index contributed by atoms with van der Waals surface area (Å²) >= 11 is 0. The predicted molar refractivity (Wildman–Crippen MR) is 110 cm³/mol. The highest BCUT2D eigenvalue weighted by Crippen LogP contribution is 2.14. The molecule has 0 aliphatic carbocycles. The summed E-state index contributed by atoms with van der Waals surface area (Å²) in [6.45, 7) is 6.54. The Hall–Kier alpha value is -0.300. The third-order valence-electron chi connectivity index (χ3n) is 4.94. The van der Waals surface area contributed by atoms with E-state index in [2.05, 4.69) is 26.8 Å². The monoisotopic (exact) mass is 338 g/mol. The van der Waals surface area contributed by atoms with Crippen LogP contribution in [0.4, 0.5) is 0 Å². The number of hydrogen-bond donors (Lipinski definition) is 1. The van der Waals surface area contributed by atoms with Crippen LogP contribution in [0.1, 0.15) is 130 Å². The maximum absolute atomic E-state index is 9.92. The summed E-state index contributed by atoms with van der Waals surface area (Å²) < 4.78 is 0. The molecule has 1 nitrogen and oxygen atoms in total. The number of allylic oxidation sites excluding steroid dienone is 2. The second-order valence-electron chi connectivity index (χ2n) is 7.90. The van der Waals surface area contributed by atoms with Gasteiger partial charge in [-0.15, -0.1) is 0 Å². The number of hydrogen-bond acceptors (Lipinski definition) is 1. The van der Waals surface area contributed by atoms with Crippen molar-refractivity contribution >= 4 is 0 Å². The molecule has 1 atom stereocenters. The molecule has 0 radical (unpaired) electrons. The minimum absolute atomic E-state index is 0.0853. The Morgan fingerprint density at radius 3 is 1.50 bits per heavy atom. The fourth-order valence-corrected chi connectivity index (χ4v) is 3.28. The molecule has 0 aromatic carbocycles. The predicted octanol–water partition coefficient (Wildman–Crippen LogP) is 7.97. The van der Waals surface area contributed by atoms with E-state index in [1.807, 2.05) is 0 Å². The van der Waals surface area contributed by atoms with Gasteiger partial charge in [0.1, 0.15) is 0 Å². The molecule has 0 rings (SSSR count). The second kappa shape index (κ2) is 19.0. The first-order valence-electron chi connectivity index (χ1n) is 11.0. The second-order valence-corrected chi connectivity index (χ2v) is 7.90. The number of rotatable bonds is 18. The number of unbranched alkanes of at least 4 members (excludes halogenated alkanes) is 13. The fourth-order valence-electron chi connectivity index (χ4n) is 3.28. The molecular formula is C23H46O. The Balaban J connectivity index is 3.13. The minimum Gasteiger partial charge on any atom is -0.393 e. The van der Waals surface area contributed by atoms with Gasteiger partial charge in [0.25, 0.3) is 0 Å². The summed E-state index contributed by atoms with van der Waals surface area (Å²) in [7, 11) is 0. The molecule has 24 heavy (non-hydrogen) atoms. The van der Waals surface area contributed by atoms with E-state index in [9.17, 15) is 5.11 Å². The van der Waals surface area contributed by atoms with Crippen LogP contribution in [0.5, 0.6) is 0 Å². The highest BCUT2D eigenvalue weighted by Gasteiger charge is 2.02. The summed E-state index contributed by atoms with van der Waals surface area (Å²) in [5.74, 6) is 0. The molecule has 0 aliphatic rings. The molecule has 144 valence electrons. The Bertz CT molecular complexity index is 265. The maximum atomic E-state index is 9.92. The molecule has 0 aromatic heterocycles. The first-order chi connectivity index (χ1) is 11.7. The van der Waals surface area contributed by atoms with Crippen molar-refractivity contribution in [2.45, 2.75) is 136 Å². The largest absolute Gasteiger partial charge is 0.393 e. The van der Waals surface area contributed by atoms with Gasteiger partial charge in [-0.2, -0.15) is 0 Å². The molecule has 0 amide bonds. The molecule has 0 bridgehead atoms. The van der Waals surface area contributed by atoms with Crippen molar-refractivity contribution in [3.05, 3.63) is 11.6 Å². The molecule has 0 heterocycles. The molecule has 1 N–H and O–H groups in total. The van der Waals surface area contributed by atoms with Gasteiger partial charge in [-0.3, -0.25) is 0 Å². The zero-order chi connectivity index (χ0) is 17.9. The zero-order valence-electron chi connectivity index (χ0n) is 17.1. The summed E-state index contributed by atoms with van der Waals surface area (Å²) in [6.07, 6.45) is 24.7. The zero-order valence-corrected chi connectivity index (χ0v) is 17.1. The van der Waals surface area contributed by atoms with Crippen LogP contribution >= 0.6 is 0 Å². The van der Waals surface area contributed by atoms with Gasteiger partial charge in [-0.1, -0.05) is 108 Å². The van der Waals surface area contributed by atoms with Gasteiger partial charge < -0.3 is 5.11 Å². The topological polar surface area (TPSA) is 20.2 Å². The van der Waals surface area contributed by atoms with E-state index in [0.717, 1.165) is 19.3 Å². The van der Waals surface area contributed by atoms with E-state index in [4.69, 9.17) is 0 Å². The SMILES string of the molecule is CCCCCCCCCCCCCCCCC(O)CCC=C(C)C.